The van der Waals surface area contributed by atoms with E-state index in [4.69, 9.17) is 0 Å². The summed E-state index contributed by atoms with van der Waals surface area (Å²) >= 11 is 3.75. The van der Waals surface area contributed by atoms with E-state index in [1.807, 2.05) is 22.7 Å². The predicted molar refractivity (Wildman–Crippen MR) is 502 cm³/mol. The monoisotopic (exact) mass is 1520 g/mol. The van der Waals surface area contributed by atoms with E-state index in [2.05, 4.69) is 447 Å². The molecule has 22 aromatic rings. The van der Waals surface area contributed by atoms with Gasteiger partial charge in [0.2, 0.25) is 0 Å². The first kappa shape index (κ1) is 68.1. The smallest absolute Gasteiger partial charge is 0.0714 e. The molecule has 1 unspecified atom stereocenters. The molecule has 0 saturated carbocycles. The minimum Gasteiger partial charge on any atom is -0.310 e. The van der Waals surface area contributed by atoms with E-state index in [9.17, 15) is 0 Å². The van der Waals surface area contributed by atoms with Crippen molar-refractivity contribution < 1.29 is 0 Å². The molecule has 0 fully saturated rings. The highest BCUT2D eigenvalue weighted by Crippen LogP contribution is 2.61. The fraction of sp³-hybridized carbons (Fsp3) is 0.00885. The highest BCUT2D eigenvalue weighted by atomic mass is 32.1. The Hall–Kier alpha value is -14.5. The summed E-state index contributed by atoms with van der Waals surface area (Å²) in [6, 6.07) is 163. The summed E-state index contributed by atoms with van der Waals surface area (Å²) < 4.78 is 5.22. The zero-order valence-corrected chi connectivity index (χ0v) is 65.4. The van der Waals surface area contributed by atoms with Crippen molar-refractivity contribution in [1.82, 2.24) is 0 Å². The van der Waals surface area contributed by atoms with Gasteiger partial charge in [0.25, 0.3) is 0 Å². The standard InChI is InChI=1S/C113H72N2S2/c1-2-29-83(30-3-1)113(105-46-13-10-40-104(105)110-106(113)47-22-48-107(110)115(89-33-18-27-80(72-89)92-41-19-25-74-23-4-6-34-90(74)92)87-64-57-77(58-65-87)97-43-21-45-103-101-39-12-15-50-109(101)117-112(97)103)84-31-16-26-79(70-84)94-67-68-95(99-37-9-8-36-98(94)99)81-28-17-32-88(71-81)114(86-62-55-76(56-63-86)96-42-20-44-102-100-38-11-14-49-108(100)116-111(96)102)85-60-53-73(54-61-85)78-59-66-93-82(69-78)52-51-75-24-5-7-35-91(75)93/h1-72H. The average molecular weight is 1520 g/mol. The van der Waals surface area contributed by atoms with Gasteiger partial charge in [-0.25, -0.2) is 0 Å². The third-order valence-electron chi connectivity index (χ3n) is 24.5. The highest BCUT2D eigenvalue weighted by molar-refractivity contribution is 7.26. The van der Waals surface area contributed by atoms with Gasteiger partial charge < -0.3 is 9.80 Å². The Labute approximate surface area is 687 Å². The van der Waals surface area contributed by atoms with E-state index in [1.165, 1.54) is 167 Å². The van der Waals surface area contributed by atoms with Crippen LogP contribution in [0.3, 0.4) is 0 Å². The van der Waals surface area contributed by atoms with Crippen LogP contribution in [0.4, 0.5) is 34.1 Å². The van der Waals surface area contributed by atoms with Gasteiger partial charge in [0.1, 0.15) is 0 Å². The second-order valence-electron chi connectivity index (χ2n) is 30.9. The van der Waals surface area contributed by atoms with Gasteiger partial charge in [-0.05, 0) is 229 Å². The number of thiophene rings is 2. The first-order valence-corrected chi connectivity index (χ1v) is 41.9. The van der Waals surface area contributed by atoms with Gasteiger partial charge in [0, 0.05) is 74.3 Å². The molecule has 546 valence electrons. The molecule has 0 bridgehead atoms. The maximum Gasteiger partial charge on any atom is 0.0714 e. The Balaban J connectivity index is 0.643. The fourth-order valence-corrected chi connectivity index (χ4v) is 21.7. The van der Waals surface area contributed by atoms with Crippen molar-refractivity contribution in [3.8, 4) is 77.9 Å². The van der Waals surface area contributed by atoms with Crippen LogP contribution in [0.15, 0.2) is 437 Å². The van der Waals surface area contributed by atoms with Crippen molar-refractivity contribution in [3.05, 3.63) is 459 Å². The van der Waals surface area contributed by atoms with Crippen LogP contribution in [0, 0.1) is 0 Å². The lowest BCUT2D eigenvalue weighted by atomic mass is 9.67. The molecule has 1 atom stereocenters. The first-order valence-electron chi connectivity index (χ1n) is 40.2. The highest BCUT2D eigenvalue weighted by Gasteiger charge is 2.48. The minimum absolute atomic E-state index is 0.732. The third-order valence-corrected chi connectivity index (χ3v) is 27.0. The zero-order valence-electron chi connectivity index (χ0n) is 63.8. The largest absolute Gasteiger partial charge is 0.310 e. The molecule has 0 radical (unpaired) electrons. The average Bonchev–Trinajstić information content (AvgIpc) is 1.53. The number of benzene rings is 20. The quantitative estimate of drug-likeness (QED) is 0.100. The molecule has 0 amide bonds. The number of hydrogen-bond donors (Lipinski definition) is 0. The number of anilines is 6. The molecular formula is C113H72N2S2. The van der Waals surface area contributed by atoms with E-state index in [-0.39, 0.29) is 0 Å². The molecule has 4 heteroatoms. The third kappa shape index (κ3) is 11.3. The summed E-state index contributed by atoms with van der Waals surface area (Å²) in [5, 5.41) is 15.0. The molecule has 1 aliphatic carbocycles. The second kappa shape index (κ2) is 27.9. The predicted octanol–water partition coefficient (Wildman–Crippen LogP) is 32.3. The van der Waals surface area contributed by atoms with Crippen molar-refractivity contribution in [2.24, 2.45) is 0 Å². The van der Waals surface area contributed by atoms with Crippen molar-refractivity contribution in [2.75, 3.05) is 9.80 Å². The van der Waals surface area contributed by atoms with Gasteiger partial charge in [-0.1, -0.05) is 346 Å². The molecule has 23 rings (SSSR count). The molecule has 117 heavy (non-hydrogen) atoms. The summed E-state index contributed by atoms with van der Waals surface area (Å²) in [5.74, 6) is 0. The zero-order chi connectivity index (χ0) is 77.1. The van der Waals surface area contributed by atoms with Crippen molar-refractivity contribution >= 4 is 140 Å². The molecule has 0 saturated heterocycles. The van der Waals surface area contributed by atoms with Crippen LogP contribution in [0.1, 0.15) is 22.3 Å². The lowest BCUT2D eigenvalue weighted by molar-refractivity contribution is 0.769. The van der Waals surface area contributed by atoms with Crippen LogP contribution >= 0.6 is 22.7 Å². The summed E-state index contributed by atoms with van der Waals surface area (Å²) in [6.07, 6.45) is 0. The first-order chi connectivity index (χ1) is 58.0. The van der Waals surface area contributed by atoms with Gasteiger partial charge in [0.15, 0.2) is 0 Å². The molecule has 20 aromatic carbocycles. The fourth-order valence-electron chi connectivity index (χ4n) is 19.2. The van der Waals surface area contributed by atoms with Gasteiger partial charge in [-0.2, -0.15) is 0 Å². The number of fused-ring (bicyclic) bond motifs is 14. The van der Waals surface area contributed by atoms with E-state index < -0.39 is 5.41 Å². The summed E-state index contributed by atoms with van der Waals surface area (Å²) in [4.78, 5) is 4.94. The second-order valence-corrected chi connectivity index (χ2v) is 33.0. The van der Waals surface area contributed by atoms with Gasteiger partial charge in [-0.3, -0.25) is 0 Å². The van der Waals surface area contributed by atoms with Gasteiger partial charge >= 0.3 is 0 Å². The lowest BCUT2D eigenvalue weighted by Gasteiger charge is -2.35. The summed E-state index contributed by atoms with van der Waals surface area (Å²) in [5.41, 5.74) is 27.2. The van der Waals surface area contributed by atoms with E-state index in [0.29, 0.717) is 0 Å². The number of hydrogen-bond acceptors (Lipinski definition) is 4. The Kier molecular flexibility index (Phi) is 16.3. The summed E-state index contributed by atoms with van der Waals surface area (Å²) in [7, 11) is 0. The normalized spacial score (nSPS) is 13.2. The van der Waals surface area contributed by atoms with Crippen LogP contribution in [0.25, 0.3) is 161 Å². The van der Waals surface area contributed by atoms with Crippen LogP contribution in [0.5, 0.6) is 0 Å². The van der Waals surface area contributed by atoms with E-state index in [0.717, 1.165) is 50.8 Å². The molecule has 0 N–H and O–H groups in total. The number of nitrogens with zero attached hydrogens (tertiary/aromatic N) is 2. The lowest BCUT2D eigenvalue weighted by Crippen LogP contribution is -2.28. The topological polar surface area (TPSA) is 6.48 Å². The molecule has 0 aliphatic heterocycles. The van der Waals surface area contributed by atoms with Crippen molar-refractivity contribution in [3.63, 3.8) is 0 Å². The van der Waals surface area contributed by atoms with E-state index >= 15 is 0 Å². The Morgan fingerprint density at radius 2 is 0.598 bits per heavy atom. The molecule has 0 spiro atoms. The van der Waals surface area contributed by atoms with Crippen LogP contribution in [0.2, 0.25) is 0 Å². The Morgan fingerprint density at radius 3 is 1.24 bits per heavy atom. The molecule has 2 heterocycles. The Bertz CT molecular complexity index is 7700. The minimum atomic E-state index is -0.732. The van der Waals surface area contributed by atoms with Crippen molar-refractivity contribution in [1.29, 1.82) is 0 Å². The van der Waals surface area contributed by atoms with E-state index in [1.54, 1.807) is 0 Å². The molecular weight excluding hydrogens is 1450 g/mol. The van der Waals surface area contributed by atoms with Crippen molar-refractivity contribution in [2.45, 2.75) is 5.41 Å². The Morgan fingerprint density at radius 1 is 0.188 bits per heavy atom. The number of rotatable bonds is 14. The van der Waals surface area contributed by atoms with Gasteiger partial charge in [0.05, 0.1) is 11.1 Å². The van der Waals surface area contributed by atoms with Crippen LogP contribution in [-0.4, -0.2) is 0 Å². The van der Waals surface area contributed by atoms with Crippen LogP contribution in [-0.2, 0) is 5.41 Å². The van der Waals surface area contributed by atoms with Gasteiger partial charge in [-0.15, -0.1) is 22.7 Å². The maximum absolute atomic E-state index is 2.52. The van der Waals surface area contributed by atoms with Crippen LogP contribution < -0.4 is 9.80 Å². The molecule has 2 nitrogen and oxygen atoms in total. The molecule has 2 aromatic heterocycles. The summed E-state index contributed by atoms with van der Waals surface area (Å²) in [6.45, 7) is 0. The SMILES string of the molecule is c1ccc(C2(c3cccc(-c4ccc(-c5cccc(N(c6ccc(-c7ccc8c(ccc9ccccc98)c7)cc6)c6ccc(-c7cccc8c7sc7ccccc78)cc6)c5)c5ccccc45)c3)c3ccccc3-c3c(N(c4ccc(-c5cccc6c5sc5ccccc56)cc4)c4cccc(-c5cccc6ccccc56)c4)cccc32)cc1. The maximum atomic E-state index is 2.52. The molecule has 1 aliphatic rings.